The summed E-state index contributed by atoms with van der Waals surface area (Å²) in [6.45, 7) is 3.83. The van der Waals surface area contributed by atoms with Gasteiger partial charge < -0.3 is 9.29 Å². The number of hydrogen-bond donors (Lipinski definition) is 1. The Bertz CT molecular complexity index is 971. The highest BCUT2D eigenvalue weighted by Crippen LogP contribution is 2.43. The van der Waals surface area contributed by atoms with Gasteiger partial charge in [0, 0.05) is 5.41 Å². The van der Waals surface area contributed by atoms with Gasteiger partial charge in [-0.15, -0.1) is 0 Å². The SMILES string of the molecule is CCC(CC)(c1ccc(O)c(Cl)c1)c1ccc(OS(=O)(=O)C(F)(F)F)c(Cl)c1. The number of hydrogen-bond acceptors (Lipinski definition) is 4. The topological polar surface area (TPSA) is 63.6 Å². The fraction of sp³-hybridized carbons (Fsp3) is 0.333. The second-order valence-electron chi connectivity index (χ2n) is 6.08. The molecule has 2 rings (SSSR count). The first-order valence-corrected chi connectivity index (χ1v) is 10.3. The van der Waals surface area contributed by atoms with Crippen molar-refractivity contribution in [2.45, 2.75) is 37.6 Å². The van der Waals surface area contributed by atoms with Crippen molar-refractivity contribution < 1.29 is 30.9 Å². The molecule has 0 aromatic heterocycles. The lowest BCUT2D eigenvalue weighted by Gasteiger charge is -2.33. The normalized spacial score (nSPS) is 12.8. The Balaban J connectivity index is 2.53. The fourth-order valence-electron chi connectivity index (χ4n) is 3.07. The van der Waals surface area contributed by atoms with Crippen LogP contribution in [0.15, 0.2) is 36.4 Å². The molecule has 2 aromatic carbocycles. The largest absolute Gasteiger partial charge is 0.534 e. The van der Waals surface area contributed by atoms with Crippen molar-refractivity contribution in [3.63, 3.8) is 0 Å². The standard InChI is InChI=1S/C18H17Cl2F3O4S/c1-3-17(4-2,11-5-7-15(24)13(19)9-11)12-6-8-16(14(20)10-12)27-28(25,26)18(21,22)23/h5-10,24H,3-4H2,1-2H3. The van der Waals surface area contributed by atoms with Crippen LogP contribution in [0.25, 0.3) is 0 Å². The Morgan fingerprint density at radius 3 is 1.89 bits per heavy atom. The van der Waals surface area contributed by atoms with Gasteiger partial charge in [-0.1, -0.05) is 49.2 Å². The summed E-state index contributed by atoms with van der Waals surface area (Å²) in [5, 5.41) is 9.54. The summed E-state index contributed by atoms with van der Waals surface area (Å²) in [5.74, 6) is -0.696. The Hall–Kier alpha value is -1.64. The summed E-state index contributed by atoms with van der Waals surface area (Å²) in [4.78, 5) is 0. The lowest BCUT2D eigenvalue weighted by molar-refractivity contribution is -0.0500. The van der Waals surface area contributed by atoms with Crippen molar-refractivity contribution in [1.29, 1.82) is 0 Å². The van der Waals surface area contributed by atoms with Crippen LogP contribution in [0.5, 0.6) is 11.5 Å². The molecule has 0 aliphatic heterocycles. The zero-order valence-electron chi connectivity index (χ0n) is 14.8. The van der Waals surface area contributed by atoms with Gasteiger partial charge in [0.05, 0.1) is 10.0 Å². The minimum absolute atomic E-state index is 0.0781. The average molecular weight is 457 g/mol. The van der Waals surface area contributed by atoms with Crippen molar-refractivity contribution in [1.82, 2.24) is 0 Å². The summed E-state index contributed by atoms with van der Waals surface area (Å²) < 4.78 is 64.2. The third-order valence-corrected chi connectivity index (χ3v) is 6.24. The molecule has 4 nitrogen and oxygen atoms in total. The summed E-state index contributed by atoms with van der Waals surface area (Å²) in [6, 6.07) is 8.67. The van der Waals surface area contributed by atoms with Crippen LogP contribution in [0.4, 0.5) is 13.2 Å². The molecular formula is C18H17Cl2F3O4S. The van der Waals surface area contributed by atoms with E-state index >= 15 is 0 Å². The van der Waals surface area contributed by atoms with Crippen LogP contribution in [0.3, 0.4) is 0 Å². The van der Waals surface area contributed by atoms with Crippen molar-refractivity contribution in [3.8, 4) is 11.5 Å². The number of alkyl halides is 3. The van der Waals surface area contributed by atoms with E-state index in [1.165, 1.54) is 18.2 Å². The number of benzene rings is 2. The number of phenolic OH excluding ortho intramolecular Hbond substituents is 1. The molecule has 0 unspecified atom stereocenters. The van der Waals surface area contributed by atoms with Crippen molar-refractivity contribution in [2.75, 3.05) is 0 Å². The number of phenols is 1. The molecule has 10 heteroatoms. The van der Waals surface area contributed by atoms with Crippen LogP contribution in [0.2, 0.25) is 10.0 Å². The van der Waals surface area contributed by atoms with Gasteiger partial charge in [-0.05, 0) is 48.2 Å². The maximum Gasteiger partial charge on any atom is 0.534 e. The van der Waals surface area contributed by atoms with E-state index in [0.29, 0.717) is 18.4 Å². The fourth-order valence-corrected chi connectivity index (χ4v) is 3.99. The number of aromatic hydroxyl groups is 1. The molecule has 0 aliphatic rings. The molecule has 0 aliphatic carbocycles. The summed E-state index contributed by atoms with van der Waals surface area (Å²) in [6.07, 6.45) is 1.17. The van der Waals surface area contributed by atoms with Gasteiger partial charge in [-0.2, -0.15) is 21.6 Å². The Kier molecular flexibility index (Phi) is 6.47. The zero-order chi connectivity index (χ0) is 21.3. The lowest BCUT2D eigenvalue weighted by Crippen LogP contribution is -2.28. The van der Waals surface area contributed by atoms with Crippen LogP contribution >= 0.6 is 23.2 Å². The molecule has 0 amide bonds. The minimum Gasteiger partial charge on any atom is -0.506 e. The predicted molar refractivity (Wildman–Crippen MR) is 102 cm³/mol. The van der Waals surface area contributed by atoms with Gasteiger partial charge in [0.15, 0.2) is 5.75 Å². The second kappa shape index (κ2) is 8.00. The van der Waals surface area contributed by atoms with E-state index in [-0.39, 0.29) is 15.8 Å². The van der Waals surface area contributed by atoms with Crippen LogP contribution in [0, 0.1) is 0 Å². The summed E-state index contributed by atoms with van der Waals surface area (Å²) in [7, 11) is -5.82. The highest BCUT2D eigenvalue weighted by molar-refractivity contribution is 7.88. The quantitative estimate of drug-likeness (QED) is 0.425. The average Bonchev–Trinajstić information content (AvgIpc) is 2.60. The van der Waals surface area contributed by atoms with Gasteiger partial charge in [-0.25, -0.2) is 0 Å². The van der Waals surface area contributed by atoms with Crippen LogP contribution < -0.4 is 4.18 Å². The predicted octanol–water partition coefficient (Wildman–Crippen LogP) is 6.03. The van der Waals surface area contributed by atoms with Gasteiger partial charge in [0.1, 0.15) is 5.75 Å². The first-order valence-electron chi connectivity index (χ1n) is 8.17. The molecule has 0 fully saturated rings. The maximum atomic E-state index is 12.5. The van der Waals surface area contributed by atoms with E-state index in [4.69, 9.17) is 23.2 Å². The highest BCUT2D eigenvalue weighted by atomic mass is 35.5. The molecule has 154 valence electrons. The minimum atomic E-state index is -5.82. The van der Waals surface area contributed by atoms with E-state index in [2.05, 4.69) is 4.18 Å². The van der Waals surface area contributed by atoms with E-state index in [1.54, 1.807) is 12.1 Å². The van der Waals surface area contributed by atoms with E-state index in [9.17, 15) is 26.7 Å². The molecule has 0 atom stereocenters. The highest BCUT2D eigenvalue weighted by Gasteiger charge is 2.48. The van der Waals surface area contributed by atoms with Gasteiger partial charge in [-0.3, -0.25) is 0 Å². The van der Waals surface area contributed by atoms with Gasteiger partial charge in [0.25, 0.3) is 0 Å². The molecule has 0 saturated carbocycles. The molecule has 28 heavy (non-hydrogen) atoms. The molecule has 0 bridgehead atoms. The molecule has 1 N–H and O–H groups in total. The number of halogens is 5. The second-order valence-corrected chi connectivity index (χ2v) is 8.44. The van der Waals surface area contributed by atoms with Crippen LogP contribution in [0.1, 0.15) is 37.8 Å². The number of rotatable bonds is 6. The van der Waals surface area contributed by atoms with Crippen molar-refractivity contribution in [2.24, 2.45) is 0 Å². The van der Waals surface area contributed by atoms with Crippen LogP contribution in [-0.2, 0) is 15.5 Å². The van der Waals surface area contributed by atoms with E-state index in [0.717, 1.165) is 11.6 Å². The van der Waals surface area contributed by atoms with E-state index in [1.807, 2.05) is 13.8 Å². The van der Waals surface area contributed by atoms with Crippen LogP contribution in [-0.4, -0.2) is 19.0 Å². The molecular weight excluding hydrogens is 440 g/mol. The Morgan fingerprint density at radius 2 is 1.46 bits per heavy atom. The maximum absolute atomic E-state index is 12.5. The van der Waals surface area contributed by atoms with Gasteiger partial charge >= 0.3 is 15.6 Å². The molecule has 0 spiro atoms. The molecule has 0 saturated heterocycles. The molecule has 2 aromatic rings. The summed E-state index contributed by atoms with van der Waals surface area (Å²) in [5.41, 5.74) is -4.76. The lowest BCUT2D eigenvalue weighted by atomic mass is 9.70. The monoisotopic (exact) mass is 456 g/mol. The van der Waals surface area contributed by atoms with E-state index < -0.39 is 26.8 Å². The molecule has 0 heterocycles. The zero-order valence-corrected chi connectivity index (χ0v) is 17.2. The first kappa shape index (κ1) is 22.6. The summed E-state index contributed by atoms with van der Waals surface area (Å²) >= 11 is 12.1. The van der Waals surface area contributed by atoms with Gasteiger partial charge in [0.2, 0.25) is 0 Å². The molecule has 0 radical (unpaired) electrons. The Labute approximate surface area is 171 Å². The third kappa shape index (κ3) is 4.18. The third-order valence-electron chi connectivity index (χ3n) is 4.67. The first-order chi connectivity index (χ1) is 12.9. The Morgan fingerprint density at radius 1 is 0.964 bits per heavy atom. The van der Waals surface area contributed by atoms with Crippen molar-refractivity contribution in [3.05, 3.63) is 57.6 Å². The smallest absolute Gasteiger partial charge is 0.506 e. The van der Waals surface area contributed by atoms with Crippen molar-refractivity contribution >= 4 is 33.3 Å².